The third-order valence-corrected chi connectivity index (χ3v) is 7.69. The maximum absolute atomic E-state index is 13.0. The van der Waals surface area contributed by atoms with Gasteiger partial charge in [0.25, 0.3) is 10.0 Å². The smallest absolute Gasteiger partial charge is 0.262 e. The number of anilines is 1. The molecule has 0 saturated carbocycles. The van der Waals surface area contributed by atoms with E-state index in [4.69, 9.17) is 16.3 Å². The first-order chi connectivity index (χ1) is 15.7. The van der Waals surface area contributed by atoms with E-state index in [2.05, 4.69) is 10.3 Å². The Morgan fingerprint density at radius 2 is 1.85 bits per heavy atom. The first kappa shape index (κ1) is 23.3. The number of aromatic nitrogens is 2. The molecule has 4 rings (SSSR count). The van der Waals surface area contributed by atoms with Gasteiger partial charge >= 0.3 is 0 Å². The van der Waals surface area contributed by atoms with Crippen LogP contribution in [0.25, 0.3) is 0 Å². The summed E-state index contributed by atoms with van der Waals surface area (Å²) in [6, 6.07) is 14.3. The molecule has 1 saturated heterocycles. The van der Waals surface area contributed by atoms with E-state index in [-0.39, 0.29) is 29.9 Å². The van der Waals surface area contributed by atoms with Crippen LogP contribution in [0.2, 0.25) is 5.02 Å². The molecule has 0 radical (unpaired) electrons. The Hall–Kier alpha value is -2.88. The third kappa shape index (κ3) is 5.21. The van der Waals surface area contributed by atoms with Crippen LogP contribution in [0.4, 0.5) is 5.69 Å². The summed E-state index contributed by atoms with van der Waals surface area (Å²) in [5, 5.41) is 3.41. The maximum Gasteiger partial charge on any atom is 0.262 e. The van der Waals surface area contributed by atoms with Crippen molar-refractivity contribution in [3.63, 3.8) is 0 Å². The van der Waals surface area contributed by atoms with E-state index in [1.54, 1.807) is 36.7 Å². The second-order valence-corrected chi connectivity index (χ2v) is 10.3. The first-order valence-corrected chi connectivity index (χ1v) is 12.4. The van der Waals surface area contributed by atoms with Gasteiger partial charge in [-0.25, -0.2) is 13.4 Å². The topological polar surface area (TPSA) is 93.5 Å². The highest BCUT2D eigenvalue weighted by Gasteiger charge is 2.33. The fourth-order valence-corrected chi connectivity index (χ4v) is 5.35. The Balaban J connectivity index is 1.42. The summed E-state index contributed by atoms with van der Waals surface area (Å²) in [6.45, 7) is 2.25. The standard InChI is InChI=1S/C23H25ClN4O4S/c1-16-25-22(15-27(16)2)33(30,31)28-12-10-17(11-13-28)23(29)26-20-14-18(24)8-9-21(20)32-19-6-4-3-5-7-19/h3-9,14-15,17H,10-13H2,1-2H3,(H,26,29). The van der Waals surface area contributed by atoms with E-state index in [0.717, 1.165) is 0 Å². The number of amides is 1. The fraction of sp³-hybridized carbons (Fsp3) is 0.304. The molecule has 3 aromatic rings. The van der Waals surface area contributed by atoms with Gasteiger partial charge < -0.3 is 14.6 Å². The Bertz CT molecular complexity index is 1230. The zero-order valence-corrected chi connectivity index (χ0v) is 19.9. The van der Waals surface area contributed by atoms with Crippen LogP contribution in [0.3, 0.4) is 0 Å². The largest absolute Gasteiger partial charge is 0.455 e. The number of nitrogens with one attached hydrogen (secondary N) is 1. The SMILES string of the molecule is Cc1nc(S(=O)(=O)N2CCC(C(=O)Nc3cc(Cl)ccc3Oc3ccccc3)CC2)cn1C. The minimum Gasteiger partial charge on any atom is -0.455 e. The molecule has 10 heteroatoms. The number of para-hydroxylation sites is 1. The molecular weight excluding hydrogens is 464 g/mol. The lowest BCUT2D eigenvalue weighted by atomic mass is 9.97. The van der Waals surface area contributed by atoms with Crippen LogP contribution in [-0.4, -0.2) is 41.3 Å². The lowest BCUT2D eigenvalue weighted by Gasteiger charge is -2.30. The van der Waals surface area contributed by atoms with Crippen molar-refractivity contribution in [3.05, 3.63) is 65.6 Å². The molecule has 1 N–H and O–H groups in total. The number of sulfonamides is 1. The van der Waals surface area contributed by atoms with Crippen molar-refractivity contribution in [1.82, 2.24) is 13.9 Å². The summed E-state index contributed by atoms with van der Waals surface area (Å²) < 4.78 is 34.8. The van der Waals surface area contributed by atoms with Crippen molar-refractivity contribution in [2.24, 2.45) is 13.0 Å². The molecule has 0 atom stereocenters. The summed E-state index contributed by atoms with van der Waals surface area (Å²) in [7, 11) is -1.93. The molecule has 8 nitrogen and oxygen atoms in total. The average Bonchev–Trinajstić information content (AvgIpc) is 3.15. The number of ether oxygens (including phenoxy) is 1. The minimum atomic E-state index is -3.69. The Labute approximate surface area is 198 Å². The highest BCUT2D eigenvalue weighted by atomic mass is 35.5. The van der Waals surface area contributed by atoms with E-state index in [9.17, 15) is 13.2 Å². The lowest BCUT2D eigenvalue weighted by Crippen LogP contribution is -2.41. The lowest BCUT2D eigenvalue weighted by molar-refractivity contribution is -0.120. The molecule has 174 valence electrons. The van der Waals surface area contributed by atoms with E-state index in [1.807, 2.05) is 30.3 Å². The summed E-state index contributed by atoms with van der Waals surface area (Å²) in [5.41, 5.74) is 0.468. The predicted octanol–water partition coefficient (Wildman–Crippen LogP) is 4.21. The van der Waals surface area contributed by atoms with Crippen LogP contribution >= 0.6 is 11.6 Å². The molecule has 0 spiro atoms. The molecule has 1 aromatic heterocycles. The van der Waals surface area contributed by atoms with Crippen molar-refractivity contribution >= 4 is 33.2 Å². The van der Waals surface area contributed by atoms with E-state index in [0.29, 0.717) is 40.9 Å². The van der Waals surface area contributed by atoms with Crippen molar-refractivity contribution in [2.75, 3.05) is 18.4 Å². The predicted molar refractivity (Wildman–Crippen MR) is 126 cm³/mol. The number of halogens is 1. The summed E-state index contributed by atoms with van der Waals surface area (Å²) in [6.07, 6.45) is 2.33. The van der Waals surface area contributed by atoms with E-state index < -0.39 is 10.0 Å². The molecule has 0 bridgehead atoms. The molecule has 1 amide bonds. The number of aryl methyl sites for hydroxylation is 2. The number of carbonyl (C=O) groups excluding carboxylic acids is 1. The summed E-state index contributed by atoms with van der Waals surface area (Å²) in [5.74, 6) is 1.22. The summed E-state index contributed by atoms with van der Waals surface area (Å²) in [4.78, 5) is 17.1. The number of hydrogen-bond acceptors (Lipinski definition) is 5. The van der Waals surface area contributed by atoms with Crippen molar-refractivity contribution < 1.29 is 17.9 Å². The number of hydrogen-bond donors (Lipinski definition) is 1. The van der Waals surface area contributed by atoms with Crippen molar-refractivity contribution in [3.8, 4) is 11.5 Å². The van der Waals surface area contributed by atoms with Gasteiger partial charge in [-0.2, -0.15) is 4.31 Å². The maximum atomic E-state index is 13.0. The third-order valence-electron chi connectivity index (χ3n) is 5.69. The molecule has 1 fully saturated rings. The number of carbonyl (C=O) groups is 1. The van der Waals surface area contributed by atoms with Gasteiger partial charge in [-0.3, -0.25) is 4.79 Å². The number of rotatable bonds is 6. The normalized spacial score (nSPS) is 15.4. The molecular formula is C23H25ClN4O4S. The van der Waals surface area contributed by atoms with Crippen LogP contribution in [0.15, 0.2) is 59.8 Å². The van der Waals surface area contributed by atoms with Gasteiger partial charge in [-0.1, -0.05) is 29.8 Å². The van der Waals surface area contributed by atoms with Crippen LogP contribution in [0.5, 0.6) is 11.5 Å². The summed E-state index contributed by atoms with van der Waals surface area (Å²) >= 11 is 6.14. The minimum absolute atomic E-state index is 0.0343. The van der Waals surface area contributed by atoms with Gasteiger partial charge in [0.2, 0.25) is 5.91 Å². The second kappa shape index (κ2) is 9.54. The Kier molecular flexibility index (Phi) is 6.73. The van der Waals surface area contributed by atoms with E-state index >= 15 is 0 Å². The van der Waals surface area contributed by atoms with Crippen molar-refractivity contribution in [2.45, 2.75) is 24.8 Å². The van der Waals surface area contributed by atoms with Gasteiger partial charge in [0.15, 0.2) is 10.8 Å². The van der Waals surface area contributed by atoms with Crippen LogP contribution in [0.1, 0.15) is 18.7 Å². The second-order valence-electron chi connectivity index (χ2n) is 7.96. The molecule has 2 aromatic carbocycles. The molecule has 2 heterocycles. The number of benzene rings is 2. The number of piperidine rings is 1. The Morgan fingerprint density at radius 3 is 2.48 bits per heavy atom. The van der Waals surface area contributed by atoms with Gasteiger partial charge in [-0.05, 0) is 50.1 Å². The van der Waals surface area contributed by atoms with Gasteiger partial charge in [0, 0.05) is 37.3 Å². The highest BCUT2D eigenvalue weighted by molar-refractivity contribution is 7.89. The monoisotopic (exact) mass is 488 g/mol. The molecule has 33 heavy (non-hydrogen) atoms. The van der Waals surface area contributed by atoms with Gasteiger partial charge in [0.05, 0.1) is 5.69 Å². The van der Waals surface area contributed by atoms with Gasteiger partial charge in [0.1, 0.15) is 11.6 Å². The van der Waals surface area contributed by atoms with Crippen LogP contribution in [-0.2, 0) is 21.9 Å². The van der Waals surface area contributed by atoms with Crippen molar-refractivity contribution in [1.29, 1.82) is 0 Å². The zero-order chi connectivity index (χ0) is 23.6. The van der Waals surface area contributed by atoms with Crippen LogP contribution in [0, 0.1) is 12.8 Å². The number of nitrogens with zero attached hydrogens (tertiary/aromatic N) is 3. The van der Waals surface area contributed by atoms with Crippen LogP contribution < -0.4 is 10.1 Å². The molecule has 0 unspecified atom stereocenters. The highest BCUT2D eigenvalue weighted by Crippen LogP contribution is 2.33. The fourth-order valence-electron chi connectivity index (χ4n) is 3.68. The first-order valence-electron chi connectivity index (χ1n) is 10.6. The quantitative estimate of drug-likeness (QED) is 0.561. The van der Waals surface area contributed by atoms with Gasteiger partial charge in [-0.15, -0.1) is 0 Å². The number of imidazole rings is 1. The van der Waals surface area contributed by atoms with E-state index in [1.165, 1.54) is 10.5 Å². The molecule has 0 aliphatic carbocycles. The molecule has 1 aliphatic rings. The zero-order valence-electron chi connectivity index (χ0n) is 18.4. The molecule has 1 aliphatic heterocycles. The Morgan fingerprint density at radius 1 is 1.15 bits per heavy atom. The average molecular weight is 489 g/mol.